The third kappa shape index (κ3) is 4.88. The number of sulfonamides is 2. The first-order valence-corrected chi connectivity index (χ1v) is 15.8. The lowest BCUT2D eigenvalue weighted by Crippen LogP contribution is -2.49. The number of aliphatic hydroxyl groups excluding tert-OH is 1. The summed E-state index contributed by atoms with van der Waals surface area (Å²) in [5, 5.41) is 15.5. The van der Waals surface area contributed by atoms with Gasteiger partial charge in [0, 0.05) is 30.6 Å². The van der Waals surface area contributed by atoms with E-state index in [-0.39, 0.29) is 56.8 Å². The molecular formula is C22H22ClFN4O6S3. The van der Waals surface area contributed by atoms with Gasteiger partial charge in [-0.2, -0.15) is 8.42 Å². The van der Waals surface area contributed by atoms with Crippen molar-refractivity contribution in [2.75, 3.05) is 11.6 Å². The molecule has 1 amide bonds. The number of nitrogens with zero attached hydrogens (tertiary/aromatic N) is 2. The maximum absolute atomic E-state index is 13.7. The van der Waals surface area contributed by atoms with Gasteiger partial charge in [0.15, 0.2) is 5.84 Å². The second-order valence-corrected chi connectivity index (χ2v) is 13.8. The van der Waals surface area contributed by atoms with E-state index in [1.807, 2.05) is 0 Å². The molecule has 3 N–H and O–H groups in total. The molecule has 3 aliphatic rings. The van der Waals surface area contributed by atoms with Crippen LogP contribution in [0.5, 0.6) is 0 Å². The number of amides is 1. The zero-order valence-electron chi connectivity index (χ0n) is 19.4. The SMILES string of the molecule is CS(=O)(=O)NCc1csc2c1S(=O)(=O)N=C(C1=C(O)C3CCCC3N(Cc3ccc(F)c(Cl)c3)C1=O)N2. The number of thiophene rings is 1. The van der Waals surface area contributed by atoms with Crippen LogP contribution in [0.4, 0.5) is 9.39 Å². The molecular weight excluding hydrogens is 567 g/mol. The Bertz CT molecular complexity index is 1580. The molecule has 1 saturated carbocycles. The number of fused-ring (bicyclic) bond motifs is 2. The van der Waals surface area contributed by atoms with E-state index in [2.05, 4.69) is 14.4 Å². The first-order chi connectivity index (χ1) is 17.4. The molecule has 0 saturated heterocycles. The van der Waals surface area contributed by atoms with Crippen molar-refractivity contribution in [3.63, 3.8) is 0 Å². The maximum atomic E-state index is 13.7. The number of carbonyl (C=O) groups excluding carboxylic acids is 1. The molecule has 1 fully saturated rings. The molecule has 198 valence electrons. The first kappa shape index (κ1) is 26.1. The molecule has 2 unspecified atom stereocenters. The van der Waals surface area contributed by atoms with Crippen molar-refractivity contribution in [2.24, 2.45) is 10.3 Å². The average molecular weight is 589 g/mol. The second-order valence-electron chi connectivity index (χ2n) is 9.10. The minimum Gasteiger partial charge on any atom is -0.511 e. The van der Waals surface area contributed by atoms with E-state index < -0.39 is 37.7 Å². The summed E-state index contributed by atoms with van der Waals surface area (Å²) in [6.07, 6.45) is 2.96. The van der Waals surface area contributed by atoms with E-state index in [9.17, 15) is 31.1 Å². The molecule has 0 spiro atoms. The molecule has 10 nitrogen and oxygen atoms in total. The minimum absolute atomic E-state index is 0.0839. The Morgan fingerprint density at radius 3 is 2.81 bits per heavy atom. The van der Waals surface area contributed by atoms with Crippen molar-refractivity contribution in [2.45, 2.75) is 43.3 Å². The summed E-state index contributed by atoms with van der Waals surface area (Å²) in [6.45, 7) is -0.163. The van der Waals surface area contributed by atoms with Crippen molar-refractivity contribution < 1.29 is 31.1 Å². The van der Waals surface area contributed by atoms with E-state index in [1.54, 1.807) is 4.90 Å². The smallest absolute Gasteiger partial charge is 0.287 e. The standard InChI is InChI=1S/C22H22ClFN4O6S3/c1-36(31,32)25-8-12-10-35-21-19(12)37(33,34)27-20(26-21)17-18(29)13-3-2-4-16(13)28(22(17)30)9-11-5-6-15(24)14(23)7-11/h5-7,10,13,16,25,29H,2-4,8-9H2,1H3,(H,26,27). The number of amidine groups is 1. The van der Waals surface area contributed by atoms with Gasteiger partial charge in [-0.1, -0.05) is 24.1 Å². The molecule has 0 radical (unpaired) electrons. The Morgan fingerprint density at radius 1 is 1.35 bits per heavy atom. The number of benzene rings is 1. The number of aliphatic hydroxyl groups is 1. The van der Waals surface area contributed by atoms with Crippen LogP contribution in [0.1, 0.15) is 30.4 Å². The Balaban J connectivity index is 1.51. The van der Waals surface area contributed by atoms with Gasteiger partial charge >= 0.3 is 0 Å². The third-order valence-corrected chi connectivity index (χ3v) is 10.0. The van der Waals surface area contributed by atoms with Gasteiger partial charge in [-0.3, -0.25) is 4.79 Å². The summed E-state index contributed by atoms with van der Waals surface area (Å²) in [6, 6.07) is 3.84. The number of rotatable bonds is 6. The Labute approximate surface area is 222 Å². The van der Waals surface area contributed by atoms with Crippen LogP contribution >= 0.6 is 22.9 Å². The fourth-order valence-corrected chi connectivity index (χ4v) is 8.18. The van der Waals surface area contributed by atoms with Crippen molar-refractivity contribution in [3.8, 4) is 0 Å². The molecule has 1 aliphatic carbocycles. The molecule has 2 aromatic rings. The van der Waals surface area contributed by atoms with Crippen LogP contribution in [-0.2, 0) is 37.9 Å². The molecule has 1 aromatic heterocycles. The fourth-order valence-electron chi connectivity index (χ4n) is 4.96. The number of hydrogen-bond donors (Lipinski definition) is 3. The Kier molecular flexibility index (Phi) is 6.59. The van der Waals surface area contributed by atoms with E-state index in [1.165, 1.54) is 23.6 Å². The molecule has 37 heavy (non-hydrogen) atoms. The summed E-state index contributed by atoms with van der Waals surface area (Å²) in [4.78, 5) is 15.0. The molecule has 2 atom stereocenters. The lowest BCUT2D eigenvalue weighted by molar-refractivity contribution is -0.132. The third-order valence-electron chi connectivity index (χ3n) is 6.58. The van der Waals surface area contributed by atoms with Crippen LogP contribution in [0.3, 0.4) is 0 Å². The largest absolute Gasteiger partial charge is 0.511 e. The Morgan fingerprint density at radius 2 is 2.11 bits per heavy atom. The maximum Gasteiger partial charge on any atom is 0.287 e. The number of halogens is 2. The van der Waals surface area contributed by atoms with Crippen molar-refractivity contribution >= 4 is 59.7 Å². The van der Waals surface area contributed by atoms with Crippen molar-refractivity contribution in [1.82, 2.24) is 9.62 Å². The van der Waals surface area contributed by atoms with Crippen LogP contribution < -0.4 is 10.0 Å². The normalized spacial score (nSPS) is 22.9. The zero-order valence-corrected chi connectivity index (χ0v) is 22.6. The summed E-state index contributed by atoms with van der Waals surface area (Å²) in [5.74, 6) is -2.12. The number of hydrogen-bond acceptors (Lipinski definition) is 8. The highest BCUT2D eigenvalue weighted by atomic mass is 35.5. The fraction of sp³-hybridized carbons (Fsp3) is 0.364. The zero-order chi connectivity index (χ0) is 26.7. The predicted octanol–water partition coefficient (Wildman–Crippen LogP) is 3.13. The van der Waals surface area contributed by atoms with Gasteiger partial charge in [0.05, 0.1) is 11.3 Å². The predicted molar refractivity (Wildman–Crippen MR) is 137 cm³/mol. The van der Waals surface area contributed by atoms with Gasteiger partial charge in [0.25, 0.3) is 15.9 Å². The number of carbonyl (C=O) groups is 1. The van der Waals surface area contributed by atoms with Gasteiger partial charge in [0.2, 0.25) is 10.0 Å². The summed E-state index contributed by atoms with van der Waals surface area (Å²) < 4.78 is 68.9. The lowest BCUT2D eigenvalue weighted by Gasteiger charge is -2.38. The molecule has 3 heterocycles. The molecule has 5 rings (SSSR count). The highest BCUT2D eigenvalue weighted by Crippen LogP contribution is 2.43. The molecule has 15 heteroatoms. The number of anilines is 1. The van der Waals surface area contributed by atoms with Crippen molar-refractivity contribution in [3.05, 3.63) is 56.9 Å². The quantitative estimate of drug-likeness (QED) is 0.470. The first-order valence-electron chi connectivity index (χ1n) is 11.2. The minimum atomic E-state index is -4.33. The monoisotopic (exact) mass is 588 g/mol. The van der Waals surface area contributed by atoms with Gasteiger partial charge < -0.3 is 15.3 Å². The van der Waals surface area contributed by atoms with Gasteiger partial charge in [-0.15, -0.1) is 15.7 Å². The van der Waals surface area contributed by atoms with Gasteiger partial charge in [-0.05, 0) is 35.9 Å². The van der Waals surface area contributed by atoms with E-state index in [0.29, 0.717) is 18.4 Å². The lowest BCUT2D eigenvalue weighted by atomic mass is 9.90. The average Bonchev–Trinajstić information content (AvgIpc) is 3.45. The van der Waals surface area contributed by atoms with Crippen LogP contribution in [-0.4, -0.2) is 50.9 Å². The molecule has 1 aromatic carbocycles. The summed E-state index contributed by atoms with van der Waals surface area (Å²) >= 11 is 6.94. The number of nitrogens with one attached hydrogen (secondary N) is 2. The van der Waals surface area contributed by atoms with Crippen LogP contribution in [0.2, 0.25) is 5.02 Å². The van der Waals surface area contributed by atoms with E-state index in [4.69, 9.17) is 11.6 Å². The summed E-state index contributed by atoms with van der Waals surface area (Å²) in [7, 11) is -7.89. The van der Waals surface area contributed by atoms with Crippen molar-refractivity contribution in [1.29, 1.82) is 0 Å². The Hall–Kier alpha value is -2.52. The molecule has 2 aliphatic heterocycles. The van der Waals surface area contributed by atoms with Gasteiger partial charge in [0.1, 0.15) is 27.0 Å². The highest BCUT2D eigenvalue weighted by molar-refractivity contribution is 7.91. The molecule has 0 bridgehead atoms. The highest BCUT2D eigenvalue weighted by Gasteiger charge is 2.47. The van der Waals surface area contributed by atoms with E-state index >= 15 is 0 Å². The van der Waals surface area contributed by atoms with Crippen LogP contribution in [0.25, 0.3) is 0 Å². The second kappa shape index (κ2) is 9.34. The topological polar surface area (TPSA) is 145 Å². The summed E-state index contributed by atoms with van der Waals surface area (Å²) in [5.41, 5.74) is 0.551. The van der Waals surface area contributed by atoms with Gasteiger partial charge in [-0.25, -0.2) is 17.5 Å². The van der Waals surface area contributed by atoms with Crippen LogP contribution in [0, 0.1) is 11.7 Å². The van der Waals surface area contributed by atoms with Crippen LogP contribution in [0.15, 0.2) is 44.2 Å². The van der Waals surface area contributed by atoms with E-state index in [0.717, 1.165) is 24.0 Å².